The fourth-order valence-corrected chi connectivity index (χ4v) is 2.09. The smallest absolute Gasteiger partial charge is 0.267 e. The van der Waals surface area contributed by atoms with Crippen LogP contribution in [0.3, 0.4) is 0 Å². The number of hydrogen-bond donors (Lipinski definition) is 0. The Morgan fingerprint density at radius 1 is 1.09 bits per heavy atom. The molecule has 0 aliphatic heterocycles. The van der Waals surface area contributed by atoms with Crippen LogP contribution in [0.2, 0.25) is 0 Å². The summed E-state index contributed by atoms with van der Waals surface area (Å²) in [6.45, 7) is 4.80. The number of benzene rings is 1. The molecule has 0 fully saturated rings. The predicted molar refractivity (Wildman–Crippen MR) is 77.7 cm³/mol. The second-order valence-electron chi connectivity index (χ2n) is 6.24. The highest BCUT2D eigenvalue weighted by Crippen LogP contribution is 2.28. The molecule has 2 rings (SSSR count). The fourth-order valence-electron chi connectivity index (χ4n) is 2.09. The van der Waals surface area contributed by atoms with Gasteiger partial charge < -0.3 is 0 Å². The molecular weight excluding hydrogens is 312 g/mol. The predicted octanol–water partition coefficient (Wildman–Crippen LogP) is 3.75. The highest BCUT2D eigenvalue weighted by Gasteiger charge is 2.35. The van der Waals surface area contributed by atoms with Crippen LogP contribution < -0.4 is 5.56 Å². The molecule has 0 bridgehead atoms. The molecule has 124 valence electrons. The van der Waals surface area contributed by atoms with Gasteiger partial charge in [0.05, 0.1) is 5.54 Å². The number of nitrogens with zero attached hydrogens (tertiary/aromatic N) is 2. The van der Waals surface area contributed by atoms with Crippen molar-refractivity contribution in [3.8, 4) is 0 Å². The lowest BCUT2D eigenvalue weighted by molar-refractivity contribution is -0.142. The Balaban J connectivity index is 2.57. The van der Waals surface area contributed by atoms with Crippen molar-refractivity contribution >= 4 is 0 Å². The van der Waals surface area contributed by atoms with Gasteiger partial charge in [0.15, 0.2) is 5.69 Å². The van der Waals surface area contributed by atoms with Gasteiger partial charge in [-0.25, -0.2) is 9.07 Å². The quantitative estimate of drug-likeness (QED) is 0.787. The molecule has 7 heteroatoms. The van der Waals surface area contributed by atoms with Crippen molar-refractivity contribution in [3.05, 3.63) is 63.3 Å². The number of halogens is 4. The van der Waals surface area contributed by atoms with E-state index in [1.807, 2.05) is 0 Å². The zero-order valence-electron chi connectivity index (χ0n) is 12.9. The minimum Gasteiger partial charge on any atom is -0.267 e. The van der Waals surface area contributed by atoms with E-state index in [1.54, 1.807) is 20.8 Å². The Bertz CT molecular complexity index is 756. The summed E-state index contributed by atoms with van der Waals surface area (Å²) in [5, 5.41) is 3.45. The van der Waals surface area contributed by atoms with Crippen molar-refractivity contribution in [3.63, 3.8) is 0 Å². The molecule has 0 amide bonds. The third kappa shape index (κ3) is 3.97. The first-order chi connectivity index (χ1) is 10.5. The standard InChI is InChI=1S/C16H16F4N2O/c1-15(2,3)22-14(23)11(9-13(21-22)16(18,19)20)8-10-4-6-12(17)7-5-10/h4-7,9H,8H2,1-3H3. The Kier molecular flexibility index (Phi) is 4.32. The maximum atomic E-state index is 13.0. The van der Waals surface area contributed by atoms with Crippen molar-refractivity contribution in [2.75, 3.05) is 0 Å². The van der Waals surface area contributed by atoms with Crippen LogP contribution in [0.5, 0.6) is 0 Å². The molecule has 23 heavy (non-hydrogen) atoms. The van der Waals surface area contributed by atoms with E-state index in [-0.39, 0.29) is 12.0 Å². The highest BCUT2D eigenvalue weighted by molar-refractivity contribution is 5.26. The number of rotatable bonds is 2. The van der Waals surface area contributed by atoms with Gasteiger partial charge in [0, 0.05) is 12.0 Å². The number of aromatic nitrogens is 2. The summed E-state index contributed by atoms with van der Waals surface area (Å²) in [7, 11) is 0. The average Bonchev–Trinajstić information content (AvgIpc) is 2.41. The SMILES string of the molecule is CC(C)(C)n1nc(C(F)(F)F)cc(Cc2ccc(F)cc2)c1=O. The normalized spacial score (nSPS) is 12.5. The Morgan fingerprint density at radius 3 is 2.13 bits per heavy atom. The second-order valence-corrected chi connectivity index (χ2v) is 6.24. The summed E-state index contributed by atoms with van der Waals surface area (Å²) in [5.41, 5.74) is -2.09. The molecule has 0 N–H and O–H groups in total. The summed E-state index contributed by atoms with van der Waals surface area (Å²) in [5.74, 6) is -0.452. The first kappa shape index (κ1) is 17.2. The van der Waals surface area contributed by atoms with E-state index >= 15 is 0 Å². The van der Waals surface area contributed by atoms with Gasteiger partial charge in [-0.2, -0.15) is 18.3 Å². The van der Waals surface area contributed by atoms with E-state index in [4.69, 9.17) is 0 Å². The van der Waals surface area contributed by atoms with Crippen LogP contribution in [0.4, 0.5) is 17.6 Å². The Hall–Kier alpha value is -2.18. The number of alkyl halides is 3. The summed E-state index contributed by atoms with van der Waals surface area (Å²) in [6.07, 6.45) is -4.68. The van der Waals surface area contributed by atoms with E-state index in [2.05, 4.69) is 5.10 Å². The molecule has 0 spiro atoms. The van der Waals surface area contributed by atoms with Gasteiger partial charge in [-0.05, 0) is 44.5 Å². The van der Waals surface area contributed by atoms with Gasteiger partial charge in [-0.1, -0.05) is 12.1 Å². The van der Waals surface area contributed by atoms with Crippen molar-refractivity contribution in [2.24, 2.45) is 0 Å². The van der Waals surface area contributed by atoms with Crippen LogP contribution in [0.1, 0.15) is 37.6 Å². The van der Waals surface area contributed by atoms with E-state index in [0.717, 1.165) is 10.7 Å². The lowest BCUT2D eigenvalue weighted by Gasteiger charge is -2.23. The van der Waals surface area contributed by atoms with Crippen LogP contribution in [-0.2, 0) is 18.1 Å². The van der Waals surface area contributed by atoms with Crippen LogP contribution in [0.15, 0.2) is 35.1 Å². The Morgan fingerprint density at radius 2 is 1.65 bits per heavy atom. The molecule has 2 aromatic rings. The van der Waals surface area contributed by atoms with Crippen LogP contribution in [0, 0.1) is 5.82 Å². The van der Waals surface area contributed by atoms with Gasteiger partial charge in [0.25, 0.3) is 5.56 Å². The molecule has 3 nitrogen and oxygen atoms in total. The molecule has 1 aromatic carbocycles. The monoisotopic (exact) mass is 328 g/mol. The lowest BCUT2D eigenvalue weighted by atomic mass is 10.0. The molecular formula is C16H16F4N2O. The topological polar surface area (TPSA) is 34.9 Å². The first-order valence-electron chi connectivity index (χ1n) is 6.94. The maximum absolute atomic E-state index is 13.0. The van der Waals surface area contributed by atoms with Gasteiger partial charge >= 0.3 is 6.18 Å². The summed E-state index contributed by atoms with van der Waals surface area (Å²) < 4.78 is 52.9. The summed E-state index contributed by atoms with van der Waals surface area (Å²) in [6, 6.07) is 6.02. The molecule has 0 unspecified atom stereocenters. The molecule has 0 aliphatic rings. The van der Waals surface area contributed by atoms with Crippen molar-refractivity contribution < 1.29 is 17.6 Å². The van der Waals surface area contributed by atoms with E-state index < -0.39 is 28.8 Å². The van der Waals surface area contributed by atoms with E-state index in [1.165, 1.54) is 24.3 Å². The minimum atomic E-state index is -4.65. The van der Waals surface area contributed by atoms with Gasteiger partial charge in [0.1, 0.15) is 5.82 Å². The van der Waals surface area contributed by atoms with Crippen LogP contribution in [-0.4, -0.2) is 9.78 Å². The molecule has 0 atom stereocenters. The second kappa shape index (κ2) is 5.79. The van der Waals surface area contributed by atoms with Crippen LogP contribution in [0.25, 0.3) is 0 Å². The van der Waals surface area contributed by atoms with E-state index in [9.17, 15) is 22.4 Å². The molecule has 1 heterocycles. The molecule has 0 aliphatic carbocycles. The third-order valence-corrected chi connectivity index (χ3v) is 3.22. The summed E-state index contributed by atoms with van der Waals surface area (Å²) in [4.78, 5) is 12.4. The zero-order valence-corrected chi connectivity index (χ0v) is 12.9. The Labute approximate surface area is 130 Å². The zero-order chi connectivity index (χ0) is 17.4. The van der Waals surface area contributed by atoms with Gasteiger partial charge in [-0.3, -0.25) is 4.79 Å². The van der Waals surface area contributed by atoms with Gasteiger partial charge in [0.2, 0.25) is 0 Å². The van der Waals surface area contributed by atoms with Crippen LogP contribution >= 0.6 is 0 Å². The first-order valence-corrected chi connectivity index (χ1v) is 6.94. The fraction of sp³-hybridized carbons (Fsp3) is 0.375. The maximum Gasteiger partial charge on any atom is 0.435 e. The highest BCUT2D eigenvalue weighted by atomic mass is 19.4. The molecule has 1 aromatic heterocycles. The van der Waals surface area contributed by atoms with Crippen molar-refractivity contribution in [1.82, 2.24) is 9.78 Å². The van der Waals surface area contributed by atoms with Crippen molar-refractivity contribution in [1.29, 1.82) is 0 Å². The molecule has 0 saturated heterocycles. The summed E-state index contributed by atoms with van der Waals surface area (Å²) >= 11 is 0. The third-order valence-electron chi connectivity index (χ3n) is 3.22. The lowest BCUT2D eigenvalue weighted by Crippen LogP contribution is -2.39. The number of hydrogen-bond acceptors (Lipinski definition) is 2. The minimum absolute atomic E-state index is 0.0270. The average molecular weight is 328 g/mol. The molecule has 0 saturated carbocycles. The largest absolute Gasteiger partial charge is 0.435 e. The van der Waals surface area contributed by atoms with Gasteiger partial charge in [-0.15, -0.1) is 0 Å². The molecule has 0 radical (unpaired) electrons. The van der Waals surface area contributed by atoms with Crippen molar-refractivity contribution in [2.45, 2.75) is 38.9 Å². The van der Waals surface area contributed by atoms with E-state index in [0.29, 0.717) is 5.56 Å².